The minimum absolute atomic E-state index is 0.0107. The maximum atomic E-state index is 11.5. The number of carbonyl (C=O) groups excluding carboxylic acids is 1. The van der Waals surface area contributed by atoms with Crippen LogP contribution in [0.15, 0.2) is 0 Å². The van der Waals surface area contributed by atoms with E-state index in [1.165, 1.54) is 25.7 Å². The average Bonchev–Trinajstić information content (AvgIpc) is 2.31. The average molecular weight is 242 g/mol. The number of primary amides is 1. The summed E-state index contributed by atoms with van der Waals surface area (Å²) >= 11 is 0. The molecule has 1 unspecified atom stereocenters. The molecule has 4 N–H and O–H groups in total. The lowest BCUT2D eigenvalue weighted by Gasteiger charge is -2.23. The third kappa shape index (κ3) is 7.37. The van der Waals surface area contributed by atoms with Gasteiger partial charge in [-0.25, -0.2) is 0 Å². The molecule has 0 aromatic rings. The van der Waals surface area contributed by atoms with Crippen LogP contribution in [0.2, 0.25) is 0 Å². The summed E-state index contributed by atoms with van der Waals surface area (Å²) in [6.07, 6.45) is 8.99. The summed E-state index contributed by atoms with van der Waals surface area (Å²) in [4.78, 5) is 11.5. The fourth-order valence-electron chi connectivity index (χ4n) is 2.36. The van der Waals surface area contributed by atoms with Crippen LogP contribution >= 0.6 is 0 Å². The summed E-state index contributed by atoms with van der Waals surface area (Å²) < 4.78 is 0. The molecular weight excluding hydrogens is 212 g/mol. The summed E-state index contributed by atoms with van der Waals surface area (Å²) in [5.41, 5.74) is 11.3. The lowest BCUT2D eigenvalue weighted by Crippen LogP contribution is -2.34. The minimum Gasteiger partial charge on any atom is -0.369 e. The zero-order valence-corrected chi connectivity index (χ0v) is 11.6. The zero-order valence-electron chi connectivity index (χ0n) is 11.6. The highest BCUT2D eigenvalue weighted by Crippen LogP contribution is 2.23. The third-order valence-corrected chi connectivity index (χ3v) is 3.53. The van der Waals surface area contributed by atoms with Gasteiger partial charge in [-0.1, -0.05) is 52.4 Å². The number of unbranched alkanes of at least 4 members (excludes halogenated alkanes) is 4. The van der Waals surface area contributed by atoms with Gasteiger partial charge >= 0.3 is 0 Å². The van der Waals surface area contributed by atoms with Crippen molar-refractivity contribution in [2.75, 3.05) is 6.54 Å². The Hall–Kier alpha value is -0.570. The van der Waals surface area contributed by atoms with Crippen LogP contribution in [0.1, 0.15) is 65.2 Å². The van der Waals surface area contributed by atoms with Crippen molar-refractivity contribution in [3.63, 3.8) is 0 Å². The molecule has 0 bridgehead atoms. The van der Waals surface area contributed by atoms with Gasteiger partial charge in [0.25, 0.3) is 0 Å². The molecule has 0 saturated heterocycles. The van der Waals surface area contributed by atoms with E-state index in [2.05, 4.69) is 13.8 Å². The monoisotopic (exact) mass is 242 g/mol. The molecule has 102 valence electrons. The second-order valence-corrected chi connectivity index (χ2v) is 5.00. The maximum Gasteiger partial charge on any atom is 0.220 e. The molecule has 3 heteroatoms. The molecule has 0 rings (SSSR count). The third-order valence-electron chi connectivity index (χ3n) is 3.53. The number of rotatable bonds is 11. The fraction of sp³-hybridized carbons (Fsp3) is 0.929. The van der Waals surface area contributed by atoms with Crippen LogP contribution in [0, 0.1) is 11.8 Å². The molecule has 0 fully saturated rings. The number of nitrogens with two attached hydrogens (primary N) is 2. The van der Waals surface area contributed by atoms with Gasteiger partial charge in [-0.15, -0.1) is 0 Å². The van der Waals surface area contributed by atoms with E-state index in [0.717, 1.165) is 25.7 Å². The molecule has 0 aromatic carbocycles. The molecule has 0 saturated carbocycles. The smallest absolute Gasteiger partial charge is 0.220 e. The number of carbonyl (C=O) groups is 1. The molecular formula is C14H30N2O. The van der Waals surface area contributed by atoms with Crippen LogP contribution in [-0.4, -0.2) is 12.5 Å². The van der Waals surface area contributed by atoms with E-state index in [9.17, 15) is 4.79 Å². The van der Waals surface area contributed by atoms with Gasteiger partial charge in [-0.05, 0) is 25.3 Å². The Morgan fingerprint density at radius 1 is 1.00 bits per heavy atom. The first-order valence-corrected chi connectivity index (χ1v) is 7.16. The van der Waals surface area contributed by atoms with Gasteiger partial charge in [-0.3, -0.25) is 4.79 Å². The minimum atomic E-state index is -0.159. The number of amides is 1. The van der Waals surface area contributed by atoms with E-state index in [-0.39, 0.29) is 17.7 Å². The molecule has 1 amide bonds. The first-order valence-electron chi connectivity index (χ1n) is 7.16. The molecule has 3 nitrogen and oxygen atoms in total. The van der Waals surface area contributed by atoms with E-state index in [1.807, 2.05) is 0 Å². The predicted octanol–water partition coefficient (Wildman–Crippen LogP) is 2.82. The van der Waals surface area contributed by atoms with Crippen molar-refractivity contribution in [2.45, 2.75) is 65.2 Å². The van der Waals surface area contributed by atoms with Gasteiger partial charge in [0, 0.05) is 5.92 Å². The van der Waals surface area contributed by atoms with Gasteiger partial charge in [0.2, 0.25) is 5.91 Å². The van der Waals surface area contributed by atoms with Crippen LogP contribution < -0.4 is 11.5 Å². The summed E-state index contributed by atoms with van der Waals surface area (Å²) in [6.45, 7) is 4.94. The van der Waals surface area contributed by atoms with Crippen molar-refractivity contribution in [2.24, 2.45) is 23.3 Å². The predicted molar refractivity (Wildman–Crippen MR) is 73.5 cm³/mol. The van der Waals surface area contributed by atoms with Crippen LogP contribution in [0.5, 0.6) is 0 Å². The highest BCUT2D eigenvalue weighted by molar-refractivity contribution is 5.76. The van der Waals surface area contributed by atoms with Crippen LogP contribution in [0.4, 0.5) is 0 Å². The number of hydrogen-bond donors (Lipinski definition) is 2. The van der Waals surface area contributed by atoms with Crippen molar-refractivity contribution in [3.8, 4) is 0 Å². The highest BCUT2D eigenvalue weighted by Gasteiger charge is 2.24. The van der Waals surface area contributed by atoms with Gasteiger partial charge < -0.3 is 11.5 Å². The van der Waals surface area contributed by atoms with Crippen LogP contribution in [0.25, 0.3) is 0 Å². The molecule has 0 aliphatic carbocycles. The molecule has 0 aliphatic heterocycles. The summed E-state index contributed by atoms with van der Waals surface area (Å²) in [7, 11) is 0. The van der Waals surface area contributed by atoms with Crippen molar-refractivity contribution in [1.29, 1.82) is 0 Å². The van der Waals surface area contributed by atoms with Crippen molar-refractivity contribution < 1.29 is 4.79 Å². The Labute approximate surface area is 106 Å². The Balaban J connectivity index is 4.16. The Bertz CT molecular complexity index is 195. The molecule has 0 aliphatic rings. The molecule has 0 aromatic heterocycles. The van der Waals surface area contributed by atoms with Crippen molar-refractivity contribution >= 4 is 5.91 Å². The van der Waals surface area contributed by atoms with Crippen LogP contribution in [-0.2, 0) is 4.79 Å². The standard InChI is InChI=1S/C14H30N2O/c1-3-5-7-9-12(11-15)13(14(16)17)10-8-6-4-2/h12-13H,3-11,15H2,1-2H3,(H2,16,17)/t12-,13?/m1/s1. The fourth-order valence-corrected chi connectivity index (χ4v) is 2.36. The largest absolute Gasteiger partial charge is 0.369 e. The lowest BCUT2D eigenvalue weighted by molar-refractivity contribution is -0.123. The molecule has 0 spiro atoms. The van der Waals surface area contributed by atoms with Gasteiger partial charge in [0.1, 0.15) is 0 Å². The van der Waals surface area contributed by atoms with E-state index < -0.39 is 0 Å². The van der Waals surface area contributed by atoms with Gasteiger partial charge in [-0.2, -0.15) is 0 Å². The quantitative estimate of drug-likeness (QED) is 0.547. The second-order valence-electron chi connectivity index (χ2n) is 5.00. The Morgan fingerprint density at radius 2 is 1.53 bits per heavy atom. The summed E-state index contributed by atoms with van der Waals surface area (Å²) in [5.74, 6) is 0.118. The zero-order chi connectivity index (χ0) is 13.1. The van der Waals surface area contributed by atoms with Crippen LogP contribution in [0.3, 0.4) is 0 Å². The first kappa shape index (κ1) is 16.4. The normalized spacial score (nSPS) is 14.5. The number of hydrogen-bond acceptors (Lipinski definition) is 2. The second kappa shape index (κ2) is 10.6. The molecule has 0 heterocycles. The summed E-state index contributed by atoms with van der Waals surface area (Å²) in [6, 6.07) is 0. The van der Waals surface area contributed by atoms with Crippen molar-refractivity contribution in [1.82, 2.24) is 0 Å². The molecule has 0 radical (unpaired) electrons. The van der Waals surface area contributed by atoms with E-state index in [1.54, 1.807) is 0 Å². The lowest BCUT2D eigenvalue weighted by atomic mass is 9.83. The highest BCUT2D eigenvalue weighted by atomic mass is 16.1. The maximum absolute atomic E-state index is 11.5. The Kier molecular flexibility index (Phi) is 10.2. The SMILES string of the molecule is CCCCCC(C(N)=O)[C@@H](CN)CCCCC. The van der Waals surface area contributed by atoms with Gasteiger partial charge in [0.15, 0.2) is 0 Å². The molecule has 17 heavy (non-hydrogen) atoms. The molecule has 2 atom stereocenters. The topological polar surface area (TPSA) is 69.1 Å². The van der Waals surface area contributed by atoms with Crippen molar-refractivity contribution in [3.05, 3.63) is 0 Å². The first-order chi connectivity index (χ1) is 8.17. The van der Waals surface area contributed by atoms with E-state index in [0.29, 0.717) is 6.54 Å². The Morgan fingerprint density at radius 3 is 1.94 bits per heavy atom. The van der Waals surface area contributed by atoms with Gasteiger partial charge in [0.05, 0.1) is 0 Å². The van der Waals surface area contributed by atoms with E-state index >= 15 is 0 Å². The summed E-state index contributed by atoms with van der Waals surface area (Å²) in [5, 5.41) is 0. The van der Waals surface area contributed by atoms with E-state index in [4.69, 9.17) is 11.5 Å².